The highest BCUT2D eigenvalue weighted by Crippen LogP contribution is 2.07. The highest BCUT2D eigenvalue weighted by molar-refractivity contribution is 5.88. The molecule has 0 fully saturated rings. The second-order valence-corrected chi connectivity index (χ2v) is 5.96. The Bertz CT molecular complexity index is 530. The number of allylic oxidation sites excluding steroid dienone is 12. The van der Waals surface area contributed by atoms with Gasteiger partial charge in [0.25, 0.3) is 0 Å². The fraction of sp³-hybridized carbons (Fsp3) is 0.381. The van der Waals surface area contributed by atoms with Crippen LogP contribution in [-0.4, -0.2) is 5.78 Å². The Morgan fingerprint density at radius 3 is 2.00 bits per heavy atom. The number of rotatable bonds is 8. The van der Waals surface area contributed by atoms with Crippen LogP contribution in [0.4, 0.5) is 0 Å². The molecule has 1 heteroatoms. The predicted octanol–water partition coefficient (Wildman–Crippen LogP) is 6.27. The first kappa shape index (κ1) is 20.1. The van der Waals surface area contributed by atoms with Crippen molar-refractivity contribution < 1.29 is 4.79 Å². The summed E-state index contributed by atoms with van der Waals surface area (Å²) >= 11 is 0. The van der Waals surface area contributed by atoms with E-state index >= 15 is 0 Å². The van der Waals surface area contributed by atoms with E-state index < -0.39 is 0 Å². The Labute approximate surface area is 136 Å². The summed E-state index contributed by atoms with van der Waals surface area (Å²) in [6.45, 7) is 12.0. The molecule has 0 aromatic heterocycles. The van der Waals surface area contributed by atoms with Crippen LogP contribution in [0.25, 0.3) is 0 Å². The Kier molecular flexibility index (Phi) is 10.7. The van der Waals surface area contributed by atoms with Crippen LogP contribution in [0.1, 0.15) is 54.4 Å². The Morgan fingerprint density at radius 2 is 1.41 bits per heavy atom. The molecule has 0 aliphatic rings. The minimum Gasteiger partial charge on any atom is -0.295 e. The molecule has 0 bridgehead atoms. The number of hydrogen-bond donors (Lipinski definition) is 0. The average Bonchev–Trinajstić information content (AvgIpc) is 2.37. The average molecular weight is 298 g/mol. The maximum absolute atomic E-state index is 10.9. The van der Waals surface area contributed by atoms with Crippen molar-refractivity contribution in [3.8, 4) is 0 Å². The van der Waals surface area contributed by atoms with Gasteiger partial charge in [0.2, 0.25) is 0 Å². The molecule has 0 unspecified atom stereocenters. The van der Waals surface area contributed by atoms with Gasteiger partial charge < -0.3 is 0 Å². The molecule has 0 heterocycles. The van der Waals surface area contributed by atoms with Crippen LogP contribution in [0.2, 0.25) is 0 Å². The number of carbonyl (C=O) groups excluding carboxylic acids is 1. The van der Waals surface area contributed by atoms with Crippen LogP contribution in [0, 0.1) is 0 Å². The standard InChI is InChI=1S/C21H30O/c1-17(2)10-7-11-18(3)12-8-13-19(4)14-9-15-20(5)16-21(6)22/h8-10,12-16H,7,11H2,1-6H3/b13-8+,15-9?,18-12+,19-14+,20-16?. The maximum Gasteiger partial charge on any atom is 0.152 e. The lowest BCUT2D eigenvalue weighted by Gasteiger charge is -1.96. The molecule has 1 nitrogen and oxygen atoms in total. The highest BCUT2D eigenvalue weighted by Gasteiger charge is 1.87. The predicted molar refractivity (Wildman–Crippen MR) is 98.9 cm³/mol. The zero-order chi connectivity index (χ0) is 17.0. The second kappa shape index (κ2) is 11.7. The molecule has 0 saturated heterocycles. The van der Waals surface area contributed by atoms with Crippen LogP contribution >= 0.6 is 0 Å². The minimum absolute atomic E-state index is 0.0801. The van der Waals surface area contributed by atoms with E-state index in [-0.39, 0.29) is 5.78 Å². The lowest BCUT2D eigenvalue weighted by molar-refractivity contribution is -0.112. The van der Waals surface area contributed by atoms with Gasteiger partial charge in [-0.25, -0.2) is 0 Å². The topological polar surface area (TPSA) is 17.1 Å². The Morgan fingerprint density at radius 1 is 0.818 bits per heavy atom. The first-order valence-electron chi connectivity index (χ1n) is 7.82. The third-order valence-corrected chi connectivity index (χ3v) is 2.98. The molecule has 120 valence electrons. The van der Waals surface area contributed by atoms with Crippen molar-refractivity contribution in [2.24, 2.45) is 0 Å². The fourth-order valence-electron chi connectivity index (χ4n) is 1.81. The van der Waals surface area contributed by atoms with E-state index in [1.807, 2.05) is 25.2 Å². The van der Waals surface area contributed by atoms with E-state index in [1.165, 1.54) is 16.7 Å². The van der Waals surface area contributed by atoms with Crippen molar-refractivity contribution >= 4 is 5.78 Å². The van der Waals surface area contributed by atoms with Crippen molar-refractivity contribution in [1.29, 1.82) is 0 Å². The molecular formula is C21H30O. The Balaban J connectivity index is 4.43. The molecule has 0 amide bonds. The molecule has 0 rings (SSSR count). The summed E-state index contributed by atoms with van der Waals surface area (Å²) in [6.07, 6.45) is 18.4. The summed E-state index contributed by atoms with van der Waals surface area (Å²) in [7, 11) is 0. The summed E-state index contributed by atoms with van der Waals surface area (Å²) in [6, 6.07) is 0. The normalized spacial score (nSPS) is 14.0. The zero-order valence-electron chi connectivity index (χ0n) is 14.9. The number of hydrogen-bond acceptors (Lipinski definition) is 1. The molecule has 0 atom stereocenters. The van der Waals surface area contributed by atoms with Gasteiger partial charge in [0, 0.05) is 0 Å². The molecule has 0 aliphatic carbocycles. The summed E-state index contributed by atoms with van der Waals surface area (Å²) in [4.78, 5) is 10.9. The maximum atomic E-state index is 10.9. The molecule has 0 aliphatic heterocycles. The molecular weight excluding hydrogens is 268 g/mol. The van der Waals surface area contributed by atoms with Crippen LogP contribution in [0.5, 0.6) is 0 Å². The molecule has 0 aromatic rings. The lowest BCUT2D eigenvalue weighted by Crippen LogP contribution is -1.82. The largest absolute Gasteiger partial charge is 0.295 e. The van der Waals surface area contributed by atoms with E-state index in [2.05, 4.69) is 52.0 Å². The SMILES string of the molecule is CC(=O)C=C(C)C=C/C=C(C)/C=C/C=C(\C)CCC=C(C)C. The quantitative estimate of drug-likeness (QED) is 0.293. The van der Waals surface area contributed by atoms with Gasteiger partial charge in [-0.1, -0.05) is 59.3 Å². The first-order valence-corrected chi connectivity index (χ1v) is 7.82. The van der Waals surface area contributed by atoms with Gasteiger partial charge >= 0.3 is 0 Å². The lowest BCUT2D eigenvalue weighted by atomic mass is 10.1. The summed E-state index contributed by atoms with van der Waals surface area (Å²) < 4.78 is 0. The van der Waals surface area contributed by atoms with E-state index in [9.17, 15) is 4.79 Å². The first-order chi connectivity index (χ1) is 10.3. The van der Waals surface area contributed by atoms with Gasteiger partial charge in [0.15, 0.2) is 5.78 Å². The van der Waals surface area contributed by atoms with Crippen LogP contribution in [0.15, 0.2) is 70.9 Å². The van der Waals surface area contributed by atoms with E-state index in [4.69, 9.17) is 0 Å². The molecule has 0 radical (unpaired) electrons. The molecule has 0 saturated carbocycles. The number of ketones is 1. The van der Waals surface area contributed by atoms with Gasteiger partial charge in [-0.05, 0) is 66.0 Å². The van der Waals surface area contributed by atoms with Crippen LogP contribution < -0.4 is 0 Å². The van der Waals surface area contributed by atoms with Crippen molar-refractivity contribution in [2.75, 3.05) is 0 Å². The molecule has 0 N–H and O–H groups in total. The van der Waals surface area contributed by atoms with Crippen molar-refractivity contribution in [2.45, 2.75) is 54.4 Å². The molecule has 0 spiro atoms. The molecule has 22 heavy (non-hydrogen) atoms. The van der Waals surface area contributed by atoms with E-state index in [0.717, 1.165) is 18.4 Å². The molecule has 0 aromatic carbocycles. The van der Waals surface area contributed by atoms with E-state index in [0.29, 0.717) is 0 Å². The Hall–Kier alpha value is -1.89. The van der Waals surface area contributed by atoms with Gasteiger partial charge in [0.05, 0.1) is 0 Å². The van der Waals surface area contributed by atoms with Crippen molar-refractivity contribution in [3.63, 3.8) is 0 Å². The monoisotopic (exact) mass is 298 g/mol. The van der Waals surface area contributed by atoms with Crippen molar-refractivity contribution in [1.82, 2.24) is 0 Å². The smallest absolute Gasteiger partial charge is 0.152 e. The summed E-state index contributed by atoms with van der Waals surface area (Å²) in [5.74, 6) is 0.0801. The van der Waals surface area contributed by atoms with E-state index in [1.54, 1.807) is 13.0 Å². The van der Waals surface area contributed by atoms with Gasteiger partial charge in [0.1, 0.15) is 0 Å². The summed E-state index contributed by atoms with van der Waals surface area (Å²) in [5, 5.41) is 0. The number of carbonyl (C=O) groups is 1. The minimum atomic E-state index is 0.0801. The fourth-order valence-corrected chi connectivity index (χ4v) is 1.81. The van der Waals surface area contributed by atoms with Gasteiger partial charge in [-0.15, -0.1) is 0 Å². The second-order valence-electron chi connectivity index (χ2n) is 5.96. The van der Waals surface area contributed by atoms with Crippen LogP contribution in [-0.2, 0) is 4.79 Å². The van der Waals surface area contributed by atoms with Gasteiger partial charge in [-0.3, -0.25) is 4.79 Å². The third kappa shape index (κ3) is 13.1. The summed E-state index contributed by atoms with van der Waals surface area (Å²) in [5.41, 5.74) is 4.91. The highest BCUT2D eigenvalue weighted by atomic mass is 16.1. The van der Waals surface area contributed by atoms with Gasteiger partial charge in [-0.2, -0.15) is 0 Å². The van der Waals surface area contributed by atoms with Crippen molar-refractivity contribution in [3.05, 3.63) is 70.9 Å². The third-order valence-electron chi connectivity index (χ3n) is 2.98. The zero-order valence-corrected chi connectivity index (χ0v) is 14.9. The van der Waals surface area contributed by atoms with Crippen LogP contribution in [0.3, 0.4) is 0 Å².